The molecule has 3 fully saturated rings. The topological polar surface area (TPSA) is 67.4 Å². The van der Waals surface area contributed by atoms with Crippen LogP contribution in [0.3, 0.4) is 0 Å². The number of hydrogen-bond donors (Lipinski definition) is 1. The van der Waals surface area contributed by atoms with E-state index in [-0.39, 0.29) is 17.4 Å². The molecule has 1 aliphatic carbocycles. The van der Waals surface area contributed by atoms with Gasteiger partial charge in [0.25, 0.3) is 0 Å². The van der Waals surface area contributed by atoms with Gasteiger partial charge in [-0.25, -0.2) is 0 Å². The Bertz CT molecular complexity index is 534. The number of carbonyl (C=O) groups is 1. The first kappa shape index (κ1) is 14.4. The molecule has 2 saturated heterocycles. The molecule has 3 aliphatic rings. The maximum Gasteiger partial charge on any atom is 0.249 e. The average Bonchev–Trinajstić information content (AvgIpc) is 3.03. The number of aromatic nitrogens is 2. The van der Waals surface area contributed by atoms with Gasteiger partial charge in [0.05, 0.1) is 6.61 Å². The normalized spacial score (nSPS) is 31.6. The standard InChI is InChI=1S/C15H22N4O2S/c20-13(16-7-11-2-3-11)12-6-15(9-21-12)4-1-5-19(8-15)14-18-17-10-22-14/h10-12H,1-9H2,(H,16,20). The number of rotatable bonds is 4. The maximum absolute atomic E-state index is 12.2. The van der Waals surface area contributed by atoms with Crippen molar-refractivity contribution < 1.29 is 9.53 Å². The second kappa shape index (κ2) is 5.77. The molecule has 2 atom stereocenters. The number of nitrogens with one attached hydrogen (secondary N) is 1. The van der Waals surface area contributed by atoms with E-state index in [9.17, 15) is 4.79 Å². The molecule has 1 N–H and O–H groups in total. The van der Waals surface area contributed by atoms with Gasteiger partial charge in [0.1, 0.15) is 11.6 Å². The minimum Gasteiger partial charge on any atom is -0.368 e. The van der Waals surface area contributed by atoms with Crippen LogP contribution in [0.1, 0.15) is 32.1 Å². The van der Waals surface area contributed by atoms with Crippen molar-refractivity contribution in [2.24, 2.45) is 11.3 Å². The first-order chi connectivity index (χ1) is 10.7. The zero-order valence-corrected chi connectivity index (χ0v) is 13.5. The van der Waals surface area contributed by atoms with Gasteiger partial charge in [-0.05, 0) is 38.0 Å². The molecule has 1 saturated carbocycles. The van der Waals surface area contributed by atoms with E-state index in [1.807, 2.05) is 0 Å². The second-order valence-electron chi connectivity index (χ2n) is 6.94. The van der Waals surface area contributed by atoms with Crippen LogP contribution in [0.4, 0.5) is 5.13 Å². The summed E-state index contributed by atoms with van der Waals surface area (Å²) in [6, 6.07) is 0. The van der Waals surface area contributed by atoms with Crippen LogP contribution in [0.2, 0.25) is 0 Å². The fourth-order valence-electron chi connectivity index (χ4n) is 3.60. The van der Waals surface area contributed by atoms with Crippen molar-refractivity contribution in [1.29, 1.82) is 0 Å². The Morgan fingerprint density at radius 2 is 2.45 bits per heavy atom. The monoisotopic (exact) mass is 322 g/mol. The number of nitrogens with zero attached hydrogens (tertiary/aromatic N) is 3. The number of carbonyl (C=O) groups excluding carboxylic acids is 1. The van der Waals surface area contributed by atoms with Crippen LogP contribution in [0.5, 0.6) is 0 Å². The van der Waals surface area contributed by atoms with E-state index in [1.165, 1.54) is 12.8 Å². The highest BCUT2D eigenvalue weighted by Crippen LogP contribution is 2.42. The van der Waals surface area contributed by atoms with Crippen molar-refractivity contribution in [3.05, 3.63) is 5.51 Å². The molecule has 7 heteroatoms. The molecule has 1 spiro atoms. The van der Waals surface area contributed by atoms with E-state index >= 15 is 0 Å². The summed E-state index contributed by atoms with van der Waals surface area (Å²) in [5.41, 5.74) is 1.88. The number of piperidine rings is 1. The molecule has 22 heavy (non-hydrogen) atoms. The fraction of sp³-hybridized carbons (Fsp3) is 0.800. The Morgan fingerprint density at radius 1 is 1.55 bits per heavy atom. The van der Waals surface area contributed by atoms with E-state index in [4.69, 9.17) is 4.74 Å². The third kappa shape index (κ3) is 2.96. The van der Waals surface area contributed by atoms with Crippen molar-refractivity contribution in [2.75, 3.05) is 31.1 Å². The summed E-state index contributed by atoms with van der Waals surface area (Å²) in [7, 11) is 0. The molecule has 2 unspecified atom stereocenters. The average molecular weight is 322 g/mol. The molecule has 0 aromatic carbocycles. The lowest BCUT2D eigenvalue weighted by molar-refractivity contribution is -0.130. The molecule has 1 aromatic heterocycles. The number of anilines is 1. The highest BCUT2D eigenvalue weighted by Gasteiger charge is 2.46. The van der Waals surface area contributed by atoms with Crippen LogP contribution in [0.15, 0.2) is 5.51 Å². The van der Waals surface area contributed by atoms with Gasteiger partial charge >= 0.3 is 0 Å². The third-order valence-electron chi connectivity index (χ3n) is 5.04. The summed E-state index contributed by atoms with van der Waals surface area (Å²) in [6.45, 7) is 3.45. The third-order valence-corrected chi connectivity index (χ3v) is 5.79. The molecule has 4 rings (SSSR count). The maximum atomic E-state index is 12.2. The van der Waals surface area contributed by atoms with Crippen LogP contribution in [0, 0.1) is 11.3 Å². The minimum absolute atomic E-state index is 0.0804. The lowest BCUT2D eigenvalue weighted by Crippen LogP contribution is -2.44. The summed E-state index contributed by atoms with van der Waals surface area (Å²) in [6.07, 6.45) is 5.33. The molecule has 1 aromatic rings. The Morgan fingerprint density at radius 3 is 3.23 bits per heavy atom. The molecule has 2 aliphatic heterocycles. The van der Waals surface area contributed by atoms with Gasteiger partial charge in [-0.3, -0.25) is 4.79 Å². The lowest BCUT2D eigenvalue weighted by atomic mass is 9.78. The number of hydrogen-bond acceptors (Lipinski definition) is 6. The zero-order chi connectivity index (χ0) is 15.0. The van der Waals surface area contributed by atoms with Crippen LogP contribution in [-0.2, 0) is 9.53 Å². The molecule has 0 radical (unpaired) electrons. The second-order valence-corrected chi connectivity index (χ2v) is 7.75. The van der Waals surface area contributed by atoms with Gasteiger partial charge in [-0.2, -0.15) is 0 Å². The zero-order valence-electron chi connectivity index (χ0n) is 12.7. The molecule has 120 valence electrons. The van der Waals surface area contributed by atoms with Gasteiger partial charge < -0.3 is 15.0 Å². The van der Waals surface area contributed by atoms with E-state index in [0.29, 0.717) is 12.5 Å². The van der Waals surface area contributed by atoms with Crippen LogP contribution in [0.25, 0.3) is 0 Å². The summed E-state index contributed by atoms with van der Waals surface area (Å²) in [4.78, 5) is 14.5. The molecular weight excluding hydrogens is 300 g/mol. The Balaban J connectivity index is 1.36. The fourth-order valence-corrected chi connectivity index (χ4v) is 4.19. The van der Waals surface area contributed by atoms with Crippen molar-refractivity contribution in [3.8, 4) is 0 Å². The Hall–Kier alpha value is -1.21. The largest absolute Gasteiger partial charge is 0.368 e. The van der Waals surface area contributed by atoms with Crippen molar-refractivity contribution >= 4 is 22.4 Å². The first-order valence-corrected chi connectivity index (χ1v) is 9.03. The van der Waals surface area contributed by atoms with Gasteiger partial charge in [0, 0.05) is 25.0 Å². The van der Waals surface area contributed by atoms with E-state index < -0.39 is 0 Å². The van der Waals surface area contributed by atoms with Crippen LogP contribution in [-0.4, -0.2) is 48.4 Å². The summed E-state index contributed by atoms with van der Waals surface area (Å²) in [5, 5.41) is 12.1. The molecule has 3 heterocycles. The molecular formula is C15H22N4O2S. The highest BCUT2D eigenvalue weighted by atomic mass is 32.1. The van der Waals surface area contributed by atoms with Gasteiger partial charge in [-0.15, -0.1) is 10.2 Å². The number of ether oxygens (including phenoxy) is 1. The van der Waals surface area contributed by atoms with Crippen LogP contribution < -0.4 is 10.2 Å². The van der Waals surface area contributed by atoms with Crippen molar-refractivity contribution in [2.45, 2.75) is 38.2 Å². The summed E-state index contributed by atoms with van der Waals surface area (Å²) < 4.78 is 5.86. The molecule has 6 nitrogen and oxygen atoms in total. The highest BCUT2D eigenvalue weighted by molar-refractivity contribution is 7.13. The quantitative estimate of drug-likeness (QED) is 0.908. The Kier molecular flexibility index (Phi) is 3.78. The first-order valence-electron chi connectivity index (χ1n) is 8.15. The summed E-state index contributed by atoms with van der Waals surface area (Å²) in [5.74, 6) is 0.790. The van der Waals surface area contributed by atoms with Gasteiger partial charge in [0.2, 0.25) is 11.0 Å². The minimum atomic E-state index is -0.270. The molecule has 1 amide bonds. The predicted molar refractivity (Wildman–Crippen MR) is 83.9 cm³/mol. The van der Waals surface area contributed by atoms with Crippen LogP contribution >= 0.6 is 11.3 Å². The van der Waals surface area contributed by atoms with E-state index in [2.05, 4.69) is 20.4 Å². The van der Waals surface area contributed by atoms with E-state index in [0.717, 1.165) is 44.0 Å². The van der Waals surface area contributed by atoms with Gasteiger partial charge in [0.15, 0.2) is 0 Å². The lowest BCUT2D eigenvalue weighted by Gasteiger charge is -2.39. The predicted octanol–water partition coefficient (Wildman–Crippen LogP) is 1.44. The molecule has 0 bridgehead atoms. The van der Waals surface area contributed by atoms with Gasteiger partial charge in [-0.1, -0.05) is 11.3 Å². The SMILES string of the molecule is O=C(NCC1CC1)C1CC2(CCCN(c3nncs3)C2)CO1. The van der Waals surface area contributed by atoms with Crippen molar-refractivity contribution in [1.82, 2.24) is 15.5 Å². The smallest absolute Gasteiger partial charge is 0.249 e. The van der Waals surface area contributed by atoms with E-state index in [1.54, 1.807) is 16.8 Å². The van der Waals surface area contributed by atoms with Crippen molar-refractivity contribution in [3.63, 3.8) is 0 Å². The number of amides is 1. The Labute approximate surface area is 134 Å². The summed E-state index contributed by atoms with van der Waals surface area (Å²) >= 11 is 1.58.